The fourth-order valence-electron chi connectivity index (χ4n) is 2.45. The van der Waals surface area contributed by atoms with Crippen molar-refractivity contribution in [1.82, 2.24) is 14.3 Å². The van der Waals surface area contributed by atoms with E-state index in [9.17, 15) is 21.2 Å². The van der Waals surface area contributed by atoms with Gasteiger partial charge in [0, 0.05) is 29.7 Å². The van der Waals surface area contributed by atoms with Gasteiger partial charge in [-0.1, -0.05) is 6.07 Å². The molecule has 28 heavy (non-hydrogen) atoms. The van der Waals surface area contributed by atoms with Crippen molar-refractivity contribution < 1.29 is 21.2 Å². The number of hydrogen-bond donors (Lipinski definition) is 1. The Morgan fingerprint density at radius 3 is 2.50 bits per heavy atom. The van der Waals surface area contributed by atoms with Crippen molar-refractivity contribution in [2.75, 3.05) is 6.26 Å². The normalized spacial score (nSPS) is 12.2. The third kappa shape index (κ3) is 4.49. The van der Waals surface area contributed by atoms with E-state index in [1.807, 2.05) is 0 Å². The Kier molecular flexibility index (Phi) is 5.71. The Bertz CT molecular complexity index is 1230. The van der Waals surface area contributed by atoms with E-state index in [2.05, 4.69) is 25.6 Å². The summed E-state index contributed by atoms with van der Waals surface area (Å²) in [5, 5.41) is 0. The highest BCUT2D eigenvalue weighted by molar-refractivity contribution is 9.10. The lowest BCUT2D eigenvalue weighted by Gasteiger charge is -2.11. The Balaban J connectivity index is 1.84. The van der Waals surface area contributed by atoms with Crippen LogP contribution in [0.25, 0.3) is 5.69 Å². The topological polar surface area (TPSA) is 98.1 Å². The van der Waals surface area contributed by atoms with E-state index >= 15 is 0 Å². The van der Waals surface area contributed by atoms with E-state index in [-0.39, 0.29) is 26.5 Å². The standard InChI is InChI=1S/C17H15BrFN3O4S2/c1-27(23,24)13-3-4-14(18)17(9-13)28(25,26)21-10-12-2-5-16(15(19)8-12)22-7-6-20-11-22/h2-9,11,21H,10H2,1H3. The third-order valence-corrected chi connectivity index (χ3v) is 7.39. The molecule has 7 nitrogen and oxygen atoms in total. The first-order valence-electron chi connectivity index (χ1n) is 7.84. The molecule has 2 aromatic carbocycles. The summed E-state index contributed by atoms with van der Waals surface area (Å²) in [6.07, 6.45) is 5.55. The van der Waals surface area contributed by atoms with E-state index < -0.39 is 25.7 Å². The first-order valence-corrected chi connectivity index (χ1v) is 12.0. The van der Waals surface area contributed by atoms with Crippen LogP contribution in [0.4, 0.5) is 4.39 Å². The SMILES string of the molecule is CS(=O)(=O)c1ccc(Br)c(S(=O)(=O)NCc2ccc(-n3ccnc3)c(F)c2)c1. The molecule has 0 amide bonds. The molecule has 0 fully saturated rings. The Labute approximate surface area is 170 Å². The van der Waals surface area contributed by atoms with Crippen molar-refractivity contribution in [3.8, 4) is 5.69 Å². The lowest BCUT2D eigenvalue weighted by molar-refractivity contribution is 0.579. The molecule has 148 valence electrons. The largest absolute Gasteiger partial charge is 0.303 e. The molecule has 0 aliphatic carbocycles. The molecule has 0 spiro atoms. The molecular weight excluding hydrogens is 473 g/mol. The van der Waals surface area contributed by atoms with Crippen LogP contribution in [0, 0.1) is 5.82 Å². The van der Waals surface area contributed by atoms with Crippen LogP contribution in [0.5, 0.6) is 0 Å². The molecule has 11 heteroatoms. The van der Waals surface area contributed by atoms with Gasteiger partial charge < -0.3 is 4.57 Å². The van der Waals surface area contributed by atoms with E-state index in [0.717, 1.165) is 12.3 Å². The molecule has 1 N–H and O–H groups in total. The quantitative estimate of drug-likeness (QED) is 0.576. The monoisotopic (exact) mass is 487 g/mol. The van der Waals surface area contributed by atoms with Gasteiger partial charge in [0.2, 0.25) is 10.0 Å². The van der Waals surface area contributed by atoms with Crippen LogP contribution < -0.4 is 4.72 Å². The predicted octanol–water partition coefficient (Wildman–Crippen LogP) is 2.66. The zero-order chi connectivity index (χ0) is 20.5. The molecule has 0 saturated carbocycles. The van der Waals surface area contributed by atoms with Crippen molar-refractivity contribution >= 4 is 35.8 Å². The fraction of sp³-hybridized carbons (Fsp3) is 0.118. The zero-order valence-corrected chi connectivity index (χ0v) is 17.7. The van der Waals surface area contributed by atoms with Gasteiger partial charge in [-0.15, -0.1) is 0 Å². The number of rotatable bonds is 6. The molecule has 1 heterocycles. The van der Waals surface area contributed by atoms with E-state index in [0.29, 0.717) is 5.56 Å². The van der Waals surface area contributed by atoms with Crippen molar-refractivity contribution in [2.24, 2.45) is 0 Å². The maximum Gasteiger partial charge on any atom is 0.242 e. The maximum atomic E-state index is 14.3. The minimum absolute atomic E-state index is 0.119. The summed E-state index contributed by atoms with van der Waals surface area (Å²) in [4.78, 5) is 3.52. The van der Waals surface area contributed by atoms with Gasteiger partial charge in [0.15, 0.2) is 9.84 Å². The lowest BCUT2D eigenvalue weighted by atomic mass is 10.2. The fourth-order valence-corrected chi connectivity index (χ4v) is 5.17. The number of benzene rings is 2. The molecule has 0 atom stereocenters. The van der Waals surface area contributed by atoms with E-state index in [4.69, 9.17) is 0 Å². The van der Waals surface area contributed by atoms with Crippen molar-refractivity contribution in [3.05, 3.63) is 71.0 Å². The highest BCUT2D eigenvalue weighted by Gasteiger charge is 2.20. The minimum Gasteiger partial charge on any atom is -0.303 e. The number of nitrogens with zero attached hydrogens (tertiary/aromatic N) is 2. The lowest BCUT2D eigenvalue weighted by Crippen LogP contribution is -2.24. The molecule has 0 bridgehead atoms. The average Bonchev–Trinajstić information content (AvgIpc) is 3.13. The number of sulfone groups is 1. The van der Waals surface area contributed by atoms with E-state index in [1.165, 1.54) is 41.4 Å². The summed E-state index contributed by atoms with van der Waals surface area (Å²) >= 11 is 3.12. The first kappa shape index (κ1) is 20.6. The molecule has 1 aromatic heterocycles. The average molecular weight is 488 g/mol. The molecule has 0 radical (unpaired) electrons. The molecule has 3 rings (SSSR count). The molecule has 0 aliphatic heterocycles. The van der Waals surface area contributed by atoms with Crippen molar-refractivity contribution in [1.29, 1.82) is 0 Å². The molecule has 0 aliphatic rings. The van der Waals surface area contributed by atoms with E-state index in [1.54, 1.807) is 12.3 Å². The summed E-state index contributed by atoms with van der Waals surface area (Å²) in [5.41, 5.74) is 0.688. The molecule has 0 unspecified atom stereocenters. The van der Waals surface area contributed by atoms with Gasteiger partial charge in [-0.2, -0.15) is 0 Å². The summed E-state index contributed by atoms with van der Waals surface area (Å²) < 4.78 is 67.0. The van der Waals surface area contributed by atoms with Gasteiger partial charge >= 0.3 is 0 Å². The second kappa shape index (κ2) is 7.74. The smallest absolute Gasteiger partial charge is 0.242 e. The molecule has 0 saturated heterocycles. The second-order valence-corrected chi connectivity index (χ2v) is 10.6. The summed E-state index contributed by atoms with van der Waals surface area (Å²) in [7, 11) is -7.61. The third-order valence-electron chi connectivity index (χ3n) is 3.88. The Morgan fingerprint density at radius 1 is 1.14 bits per heavy atom. The highest BCUT2D eigenvalue weighted by Crippen LogP contribution is 2.25. The summed E-state index contributed by atoms with van der Waals surface area (Å²) in [5.74, 6) is -0.532. The van der Waals surface area contributed by atoms with Gasteiger partial charge in [0.1, 0.15) is 5.82 Å². The van der Waals surface area contributed by atoms with Gasteiger partial charge in [0.05, 0.1) is 21.8 Å². The maximum absolute atomic E-state index is 14.3. The number of sulfonamides is 1. The van der Waals surface area contributed by atoms with Crippen LogP contribution in [0.3, 0.4) is 0 Å². The van der Waals surface area contributed by atoms with Gasteiger partial charge in [0.25, 0.3) is 0 Å². The second-order valence-electron chi connectivity index (χ2n) is 5.94. The highest BCUT2D eigenvalue weighted by atomic mass is 79.9. The number of aromatic nitrogens is 2. The van der Waals surface area contributed by atoms with Gasteiger partial charge in [-0.05, 0) is 51.8 Å². The minimum atomic E-state index is -4.04. The van der Waals surface area contributed by atoms with Crippen molar-refractivity contribution in [2.45, 2.75) is 16.3 Å². The number of nitrogens with one attached hydrogen (secondary N) is 1. The summed E-state index contributed by atoms with van der Waals surface area (Å²) in [6, 6.07) is 8.06. The Hall–Kier alpha value is -2.08. The Morgan fingerprint density at radius 2 is 1.89 bits per heavy atom. The summed E-state index contributed by atoms with van der Waals surface area (Å²) in [6.45, 7) is -0.168. The van der Waals surface area contributed by atoms with Gasteiger partial charge in [-0.3, -0.25) is 0 Å². The molecule has 3 aromatic rings. The number of hydrogen-bond acceptors (Lipinski definition) is 5. The van der Waals surface area contributed by atoms with Crippen LogP contribution in [0.1, 0.15) is 5.56 Å². The predicted molar refractivity (Wildman–Crippen MR) is 105 cm³/mol. The van der Waals surface area contributed by atoms with Crippen molar-refractivity contribution in [3.63, 3.8) is 0 Å². The van der Waals surface area contributed by atoms with Crippen LogP contribution in [-0.4, -0.2) is 32.6 Å². The van der Waals surface area contributed by atoms with Crippen LogP contribution >= 0.6 is 15.9 Å². The number of imidazole rings is 1. The first-order chi connectivity index (χ1) is 13.1. The van der Waals surface area contributed by atoms with Crippen LogP contribution in [0.2, 0.25) is 0 Å². The van der Waals surface area contributed by atoms with Crippen LogP contribution in [0.15, 0.2) is 69.4 Å². The van der Waals surface area contributed by atoms with Crippen LogP contribution in [-0.2, 0) is 26.4 Å². The van der Waals surface area contributed by atoms with Gasteiger partial charge in [-0.25, -0.2) is 30.9 Å². The zero-order valence-electron chi connectivity index (χ0n) is 14.5. The number of halogens is 2. The molecular formula is C17H15BrFN3O4S2.